The first-order chi connectivity index (χ1) is 17.7. The monoisotopic (exact) mass is 505 g/mol. The molecule has 1 atom stereocenters. The van der Waals surface area contributed by atoms with Crippen molar-refractivity contribution in [3.05, 3.63) is 64.9 Å². The standard InChI is InChI=1S/C31H43N3O3/c1-9-21(5)19-34(27-12-11-23(15-22(27)6)26-16-24(10-2)33-26)25-17-28(36-7)30(29(18-25)37-8)31(35)32-14-13-20(3)4/h11-12,15-20,24,33H,9-10,13-14H2,1-8H3,(H,32,35)/b21-19-. The van der Waals surface area contributed by atoms with Gasteiger partial charge in [0.25, 0.3) is 5.91 Å². The minimum atomic E-state index is -0.195. The Balaban J connectivity index is 2.04. The molecule has 1 amide bonds. The van der Waals surface area contributed by atoms with E-state index in [0.717, 1.165) is 36.2 Å². The molecule has 6 heteroatoms. The van der Waals surface area contributed by atoms with Crippen LogP contribution in [0.25, 0.3) is 5.70 Å². The second-order valence-corrected chi connectivity index (χ2v) is 10.1. The van der Waals surface area contributed by atoms with Gasteiger partial charge in [-0.05, 0) is 68.4 Å². The SMILES string of the molecule is CC/C(C)=C\N(c1cc(OC)c(C(=O)NCCC(C)C)c(OC)c1)c1ccc(C2=CC(CC)N2)cc1C. The van der Waals surface area contributed by atoms with E-state index < -0.39 is 0 Å². The molecule has 0 saturated heterocycles. The minimum Gasteiger partial charge on any atom is -0.496 e. The van der Waals surface area contributed by atoms with Crippen molar-refractivity contribution in [1.82, 2.24) is 10.6 Å². The Hall–Kier alpha value is -3.41. The Morgan fingerprint density at radius 1 is 1.14 bits per heavy atom. The van der Waals surface area contributed by atoms with Gasteiger partial charge in [-0.15, -0.1) is 0 Å². The molecule has 1 heterocycles. The molecular weight excluding hydrogens is 462 g/mol. The lowest BCUT2D eigenvalue weighted by atomic mass is 9.98. The number of nitrogens with zero attached hydrogens (tertiary/aromatic N) is 1. The molecule has 0 spiro atoms. The number of rotatable bonds is 12. The highest BCUT2D eigenvalue weighted by molar-refractivity contribution is 6.00. The van der Waals surface area contributed by atoms with Crippen molar-refractivity contribution in [2.75, 3.05) is 25.7 Å². The number of anilines is 2. The largest absolute Gasteiger partial charge is 0.496 e. The molecule has 0 aromatic heterocycles. The number of aryl methyl sites for hydroxylation is 1. The van der Waals surface area contributed by atoms with Gasteiger partial charge in [0.15, 0.2) is 0 Å². The van der Waals surface area contributed by atoms with Crippen molar-refractivity contribution in [2.45, 2.75) is 66.8 Å². The molecule has 2 aromatic rings. The van der Waals surface area contributed by atoms with Crippen LogP contribution in [0, 0.1) is 12.8 Å². The van der Waals surface area contributed by atoms with Crippen molar-refractivity contribution in [1.29, 1.82) is 0 Å². The molecule has 0 fully saturated rings. The fraction of sp³-hybridized carbons (Fsp3) is 0.452. The summed E-state index contributed by atoms with van der Waals surface area (Å²) in [5, 5.41) is 6.54. The third-order valence-electron chi connectivity index (χ3n) is 6.83. The lowest BCUT2D eigenvalue weighted by Gasteiger charge is -2.29. The van der Waals surface area contributed by atoms with Crippen LogP contribution in [0.4, 0.5) is 11.4 Å². The molecule has 1 aliphatic heterocycles. The average molecular weight is 506 g/mol. The van der Waals surface area contributed by atoms with Crippen LogP contribution in [-0.4, -0.2) is 32.7 Å². The molecule has 6 nitrogen and oxygen atoms in total. The molecule has 3 rings (SSSR count). The van der Waals surface area contributed by atoms with Gasteiger partial charge in [0.1, 0.15) is 17.1 Å². The second kappa shape index (κ2) is 12.7. The van der Waals surface area contributed by atoms with Gasteiger partial charge in [-0.2, -0.15) is 0 Å². The number of hydrogen-bond donors (Lipinski definition) is 2. The van der Waals surface area contributed by atoms with E-state index in [1.807, 2.05) is 12.1 Å². The average Bonchev–Trinajstić information content (AvgIpc) is 2.85. The van der Waals surface area contributed by atoms with Crippen molar-refractivity contribution < 1.29 is 14.3 Å². The van der Waals surface area contributed by atoms with Crippen LogP contribution in [0.3, 0.4) is 0 Å². The molecular formula is C31H43N3O3. The van der Waals surface area contributed by atoms with Crippen LogP contribution >= 0.6 is 0 Å². The van der Waals surface area contributed by atoms with Crippen LogP contribution in [0.2, 0.25) is 0 Å². The van der Waals surface area contributed by atoms with Crippen LogP contribution < -0.4 is 25.0 Å². The number of amides is 1. The van der Waals surface area contributed by atoms with Crippen molar-refractivity contribution in [3.63, 3.8) is 0 Å². The summed E-state index contributed by atoms with van der Waals surface area (Å²) in [4.78, 5) is 15.2. The maximum Gasteiger partial charge on any atom is 0.258 e. The number of benzene rings is 2. The molecule has 0 radical (unpaired) electrons. The molecule has 0 saturated carbocycles. The summed E-state index contributed by atoms with van der Waals surface area (Å²) in [5.41, 5.74) is 7.08. The highest BCUT2D eigenvalue weighted by atomic mass is 16.5. The number of carbonyl (C=O) groups is 1. The van der Waals surface area contributed by atoms with Gasteiger partial charge in [-0.25, -0.2) is 0 Å². The molecule has 1 aliphatic rings. The van der Waals surface area contributed by atoms with E-state index in [-0.39, 0.29) is 5.91 Å². The summed E-state index contributed by atoms with van der Waals surface area (Å²) in [7, 11) is 3.17. The first-order valence-electron chi connectivity index (χ1n) is 13.3. The first kappa shape index (κ1) is 28.2. The molecule has 2 aromatic carbocycles. The van der Waals surface area contributed by atoms with Crippen molar-refractivity contribution >= 4 is 23.0 Å². The zero-order valence-electron chi connectivity index (χ0n) is 23.7. The number of hydrogen-bond acceptors (Lipinski definition) is 5. The summed E-state index contributed by atoms with van der Waals surface area (Å²) >= 11 is 0. The Morgan fingerprint density at radius 3 is 2.30 bits per heavy atom. The zero-order valence-corrected chi connectivity index (χ0v) is 23.7. The van der Waals surface area contributed by atoms with Gasteiger partial charge in [-0.3, -0.25) is 4.79 Å². The van der Waals surface area contributed by atoms with Crippen LogP contribution in [0.5, 0.6) is 11.5 Å². The maximum absolute atomic E-state index is 13.1. The van der Waals surface area contributed by atoms with E-state index in [0.29, 0.717) is 35.6 Å². The lowest BCUT2D eigenvalue weighted by Crippen LogP contribution is -2.34. The third-order valence-corrected chi connectivity index (χ3v) is 6.83. The van der Waals surface area contributed by atoms with Crippen molar-refractivity contribution in [3.8, 4) is 11.5 Å². The summed E-state index contributed by atoms with van der Waals surface area (Å²) in [6, 6.07) is 10.8. The van der Waals surface area contributed by atoms with E-state index in [9.17, 15) is 4.79 Å². The van der Waals surface area contributed by atoms with Crippen LogP contribution in [0.1, 0.15) is 75.4 Å². The summed E-state index contributed by atoms with van der Waals surface area (Å²) in [5.74, 6) is 1.27. The topological polar surface area (TPSA) is 62.8 Å². The Kier molecular flexibility index (Phi) is 9.67. The molecule has 0 aliphatic carbocycles. The number of nitrogens with one attached hydrogen (secondary N) is 2. The highest BCUT2D eigenvalue weighted by Gasteiger charge is 2.23. The van der Waals surface area contributed by atoms with E-state index in [2.05, 4.69) is 87.6 Å². The predicted octanol–water partition coefficient (Wildman–Crippen LogP) is 6.96. The summed E-state index contributed by atoms with van der Waals surface area (Å²) in [6.07, 6.45) is 7.35. The van der Waals surface area contributed by atoms with E-state index in [1.54, 1.807) is 14.2 Å². The summed E-state index contributed by atoms with van der Waals surface area (Å²) < 4.78 is 11.4. The minimum absolute atomic E-state index is 0.195. The molecule has 2 N–H and O–H groups in total. The number of carbonyl (C=O) groups excluding carboxylic acids is 1. The normalized spacial score (nSPS) is 15.0. The highest BCUT2D eigenvalue weighted by Crippen LogP contribution is 2.39. The van der Waals surface area contributed by atoms with E-state index in [1.165, 1.54) is 16.8 Å². The number of ether oxygens (including phenoxy) is 2. The smallest absolute Gasteiger partial charge is 0.258 e. The van der Waals surface area contributed by atoms with Gasteiger partial charge < -0.3 is 25.0 Å². The van der Waals surface area contributed by atoms with E-state index in [4.69, 9.17) is 9.47 Å². The maximum atomic E-state index is 13.1. The lowest BCUT2D eigenvalue weighted by molar-refractivity contribution is 0.0946. The van der Waals surface area contributed by atoms with Crippen molar-refractivity contribution in [2.24, 2.45) is 5.92 Å². The fourth-order valence-electron chi connectivity index (χ4n) is 4.31. The quantitative estimate of drug-likeness (QED) is 0.326. The summed E-state index contributed by atoms with van der Waals surface area (Å²) in [6.45, 7) is 13.5. The second-order valence-electron chi connectivity index (χ2n) is 10.1. The molecule has 0 bridgehead atoms. The third kappa shape index (κ3) is 6.68. The zero-order chi connectivity index (χ0) is 27.1. The Bertz CT molecular complexity index is 1140. The Labute approximate surface area is 222 Å². The number of methoxy groups -OCH3 is 2. The Morgan fingerprint density at radius 2 is 1.78 bits per heavy atom. The molecule has 200 valence electrons. The molecule has 1 unspecified atom stereocenters. The van der Waals surface area contributed by atoms with E-state index >= 15 is 0 Å². The van der Waals surface area contributed by atoms with Crippen LogP contribution in [0.15, 0.2) is 48.2 Å². The fourth-order valence-corrected chi connectivity index (χ4v) is 4.31. The van der Waals surface area contributed by atoms with Gasteiger partial charge in [0.05, 0.1) is 19.9 Å². The number of allylic oxidation sites excluding steroid dienone is 1. The predicted molar refractivity (Wildman–Crippen MR) is 154 cm³/mol. The van der Waals surface area contributed by atoms with Crippen LogP contribution in [-0.2, 0) is 0 Å². The molecule has 37 heavy (non-hydrogen) atoms. The van der Waals surface area contributed by atoms with Gasteiger partial charge >= 0.3 is 0 Å². The van der Waals surface area contributed by atoms with Gasteiger partial charge in [0.2, 0.25) is 0 Å². The van der Waals surface area contributed by atoms with Gasteiger partial charge in [-0.1, -0.05) is 39.3 Å². The first-order valence-corrected chi connectivity index (χ1v) is 13.3. The van der Waals surface area contributed by atoms with Gasteiger partial charge in [0, 0.05) is 42.3 Å².